The molecule has 5 heteroatoms. The summed E-state index contributed by atoms with van der Waals surface area (Å²) in [6, 6.07) is 0. The summed E-state index contributed by atoms with van der Waals surface area (Å²) in [4.78, 5) is 8.56. The molecule has 3 nitrogen and oxygen atoms in total. The van der Waals surface area contributed by atoms with E-state index < -0.39 is 6.16 Å². The molecule has 6 heavy (non-hydrogen) atoms. The van der Waals surface area contributed by atoms with Crippen LogP contribution < -0.4 is 18.9 Å². The molecule has 0 aromatic rings. The Balaban J connectivity index is -0.0000000150. The molecule has 0 amide bonds. The van der Waals surface area contributed by atoms with Gasteiger partial charge in [-0.15, -0.1) is 0 Å². The normalized spacial score (nSPS) is 4.00. The first-order valence-corrected chi connectivity index (χ1v) is 0.651. The fourth-order valence-electron chi connectivity index (χ4n) is 0. The molecule has 0 atom stereocenters. The number of carbonyl (C=O) groups is 1. The van der Waals surface area contributed by atoms with E-state index in [0.717, 1.165) is 0 Å². The van der Waals surface area contributed by atoms with Crippen LogP contribution in [0.15, 0.2) is 0 Å². The number of hydrogen-bond acceptors (Lipinski definition) is 1. The fraction of sp³-hybridized carbons (Fsp3) is 0. The molecule has 2 N–H and O–H groups in total. The molecule has 0 aromatic carbocycles. The van der Waals surface area contributed by atoms with E-state index in [1.807, 2.05) is 0 Å². The SMILES string of the molecule is O=C(O)O.[H-].[Hf].[Li+]. The van der Waals surface area contributed by atoms with Crippen LogP contribution in [0.25, 0.3) is 0 Å². The van der Waals surface area contributed by atoms with Gasteiger partial charge in [0.2, 0.25) is 0 Å². The van der Waals surface area contributed by atoms with Gasteiger partial charge in [-0.3, -0.25) is 0 Å². The van der Waals surface area contributed by atoms with Crippen molar-refractivity contribution in [2.45, 2.75) is 0 Å². The molecule has 0 aliphatic carbocycles. The molecule has 0 radical (unpaired) electrons. The van der Waals surface area contributed by atoms with Gasteiger partial charge in [-0.2, -0.15) is 0 Å². The van der Waals surface area contributed by atoms with E-state index in [0.29, 0.717) is 0 Å². The van der Waals surface area contributed by atoms with Crippen molar-refractivity contribution < 1.29 is 61.1 Å². The van der Waals surface area contributed by atoms with Gasteiger partial charge in [0.1, 0.15) is 0 Å². The average Bonchev–Trinajstić information content (AvgIpc) is 0.811. The largest absolute Gasteiger partial charge is 1.00 e. The molecule has 0 spiro atoms. The van der Waals surface area contributed by atoms with Crippen molar-refractivity contribution in [1.29, 1.82) is 0 Å². The van der Waals surface area contributed by atoms with Crippen molar-refractivity contribution in [1.82, 2.24) is 0 Å². The van der Waals surface area contributed by atoms with Crippen molar-refractivity contribution in [3.8, 4) is 0 Å². The second-order valence-electron chi connectivity index (χ2n) is 0.283. The van der Waals surface area contributed by atoms with Gasteiger partial charge in [0.15, 0.2) is 0 Å². The van der Waals surface area contributed by atoms with Crippen LogP contribution in [-0.2, 0) is 25.8 Å². The van der Waals surface area contributed by atoms with Crippen molar-refractivity contribution in [3.63, 3.8) is 0 Å². The first-order chi connectivity index (χ1) is 1.73. The second-order valence-corrected chi connectivity index (χ2v) is 0.283. The number of rotatable bonds is 0. The summed E-state index contributed by atoms with van der Waals surface area (Å²) in [5.41, 5.74) is 0. The van der Waals surface area contributed by atoms with Crippen molar-refractivity contribution in [2.75, 3.05) is 0 Å². The zero-order valence-corrected chi connectivity index (χ0v) is 6.90. The number of carboxylic acid groups (broad SMARTS) is 2. The van der Waals surface area contributed by atoms with E-state index >= 15 is 0 Å². The molecule has 0 aliphatic heterocycles. The molecule has 0 saturated heterocycles. The standard InChI is InChI=1S/CH2O3.Hf.Li.H/c2-1(3)4;;;/h(H2,2,3,4);;;/q;;+1;-1. The van der Waals surface area contributed by atoms with Gasteiger partial charge in [-0.25, -0.2) is 4.79 Å². The van der Waals surface area contributed by atoms with Crippen LogP contribution in [0.4, 0.5) is 4.79 Å². The molecule has 0 aromatic heterocycles. The summed E-state index contributed by atoms with van der Waals surface area (Å²) in [6.45, 7) is 0. The maximum absolute atomic E-state index is 8.56. The molecule has 0 saturated carbocycles. The minimum atomic E-state index is -1.83. The fourth-order valence-corrected chi connectivity index (χ4v) is 0. The predicted molar refractivity (Wildman–Crippen MR) is 11.8 cm³/mol. The molecule has 0 fully saturated rings. The summed E-state index contributed by atoms with van der Waals surface area (Å²) in [5.74, 6) is 0. The first kappa shape index (κ1) is 15.9. The Labute approximate surface area is 67.2 Å². The Morgan fingerprint density at radius 1 is 1.50 bits per heavy atom. The summed E-state index contributed by atoms with van der Waals surface area (Å²) in [6.07, 6.45) is -1.83. The van der Waals surface area contributed by atoms with Crippen LogP contribution >= 0.6 is 0 Å². The summed E-state index contributed by atoms with van der Waals surface area (Å²) >= 11 is 0. The number of hydrogen-bond donors (Lipinski definition) is 2. The Morgan fingerprint density at radius 2 is 1.50 bits per heavy atom. The molecule has 0 bridgehead atoms. The summed E-state index contributed by atoms with van der Waals surface area (Å²) < 4.78 is 0. The quantitative estimate of drug-likeness (QED) is 0.460. The van der Waals surface area contributed by atoms with Crippen molar-refractivity contribution >= 4 is 6.16 Å². The van der Waals surface area contributed by atoms with Crippen LogP contribution in [-0.4, -0.2) is 16.4 Å². The summed E-state index contributed by atoms with van der Waals surface area (Å²) in [5, 5.41) is 13.9. The van der Waals surface area contributed by atoms with E-state index in [4.69, 9.17) is 15.0 Å². The van der Waals surface area contributed by atoms with Gasteiger partial charge in [0.25, 0.3) is 0 Å². The summed E-state index contributed by atoms with van der Waals surface area (Å²) in [7, 11) is 0. The molecule has 0 aliphatic rings. The van der Waals surface area contributed by atoms with E-state index in [1.54, 1.807) is 0 Å². The van der Waals surface area contributed by atoms with Crippen molar-refractivity contribution in [2.24, 2.45) is 0 Å². The Bertz CT molecular complexity index is 37.9. The van der Waals surface area contributed by atoms with Crippen LogP contribution in [0.5, 0.6) is 0 Å². The zero-order chi connectivity index (χ0) is 3.58. The van der Waals surface area contributed by atoms with Gasteiger partial charge in [0, 0.05) is 25.8 Å². The maximum Gasteiger partial charge on any atom is 1.00 e. The molecule has 0 unspecified atom stereocenters. The second kappa shape index (κ2) is 9.22. The van der Waals surface area contributed by atoms with Gasteiger partial charge < -0.3 is 11.6 Å². The molecule has 0 heterocycles. The third-order valence-electron chi connectivity index (χ3n) is 0. The minimum Gasteiger partial charge on any atom is -1.00 e. The molecular weight excluding hydrogens is 245 g/mol. The maximum atomic E-state index is 8.56. The van der Waals surface area contributed by atoms with Gasteiger partial charge in [0.05, 0.1) is 0 Å². The topological polar surface area (TPSA) is 57.5 Å². The monoisotopic (exact) mass is 250 g/mol. The van der Waals surface area contributed by atoms with Crippen LogP contribution in [0.3, 0.4) is 0 Å². The van der Waals surface area contributed by atoms with Gasteiger partial charge in [-0.1, -0.05) is 0 Å². The molecule has 0 rings (SSSR count). The average molecular weight is 248 g/mol. The van der Waals surface area contributed by atoms with Gasteiger partial charge >= 0.3 is 25.0 Å². The smallest absolute Gasteiger partial charge is 1.00 e. The molecule has 30 valence electrons. The van der Waals surface area contributed by atoms with E-state index in [-0.39, 0.29) is 46.1 Å². The van der Waals surface area contributed by atoms with E-state index in [9.17, 15) is 0 Å². The molecular formula is CH3HfLiO3. The van der Waals surface area contributed by atoms with Crippen molar-refractivity contribution in [3.05, 3.63) is 0 Å². The zero-order valence-electron chi connectivity index (χ0n) is 4.30. The Kier molecular flexibility index (Phi) is 24.4. The van der Waals surface area contributed by atoms with E-state index in [1.165, 1.54) is 0 Å². The Hall–Kier alpha value is 0.738. The van der Waals surface area contributed by atoms with E-state index in [2.05, 4.69) is 0 Å². The van der Waals surface area contributed by atoms with Gasteiger partial charge in [-0.05, 0) is 0 Å². The third-order valence-corrected chi connectivity index (χ3v) is 0. The predicted octanol–water partition coefficient (Wildman–Crippen LogP) is -2.66. The Morgan fingerprint density at radius 3 is 1.50 bits per heavy atom. The minimum absolute atomic E-state index is 0. The van der Waals surface area contributed by atoms with Crippen LogP contribution in [0, 0.1) is 0 Å². The third kappa shape index (κ3) is 122. The van der Waals surface area contributed by atoms with Crippen LogP contribution in [0.2, 0.25) is 0 Å². The first-order valence-electron chi connectivity index (χ1n) is 0.651. The van der Waals surface area contributed by atoms with Crippen LogP contribution in [0.1, 0.15) is 1.43 Å².